The van der Waals surface area contributed by atoms with E-state index in [4.69, 9.17) is 13.8 Å². The van der Waals surface area contributed by atoms with Crippen molar-refractivity contribution in [3.63, 3.8) is 0 Å². The number of methoxy groups -OCH3 is 1. The minimum Gasteiger partial charge on any atom is -0.380 e. The maximum atomic E-state index is 13.0. The monoisotopic (exact) mass is 405 g/mol. The van der Waals surface area contributed by atoms with E-state index in [1.807, 2.05) is 0 Å². The highest BCUT2D eigenvalue weighted by Gasteiger charge is 2.32. The predicted molar refractivity (Wildman–Crippen MR) is 101 cm³/mol. The normalized spacial score (nSPS) is 16.8. The zero-order valence-electron chi connectivity index (χ0n) is 17.3. The lowest BCUT2D eigenvalue weighted by Gasteiger charge is -2.38. The van der Waals surface area contributed by atoms with Gasteiger partial charge in [0.25, 0.3) is 5.91 Å². The second-order valence-corrected chi connectivity index (χ2v) is 7.24. The lowest BCUT2D eigenvalue weighted by atomic mass is 10.0. The highest BCUT2D eigenvalue weighted by Crippen LogP contribution is 2.21. The molecule has 1 unspecified atom stereocenters. The third kappa shape index (κ3) is 4.81. The van der Waals surface area contributed by atoms with Crippen LogP contribution in [0, 0.1) is 13.8 Å². The van der Waals surface area contributed by atoms with E-state index in [1.165, 1.54) is 0 Å². The number of carbonyl (C=O) groups is 2. The van der Waals surface area contributed by atoms with Crippen LogP contribution < -0.4 is 0 Å². The van der Waals surface area contributed by atoms with Crippen LogP contribution in [0.2, 0.25) is 0 Å². The largest absolute Gasteiger partial charge is 0.380 e. The number of carbonyl (C=O) groups excluding carboxylic acids is 2. The topological polar surface area (TPSA) is 115 Å². The van der Waals surface area contributed by atoms with Crippen LogP contribution in [0.4, 0.5) is 0 Å². The summed E-state index contributed by atoms with van der Waals surface area (Å²) in [4.78, 5) is 33.0. The van der Waals surface area contributed by atoms with Crippen molar-refractivity contribution in [3.8, 4) is 0 Å². The Balaban J connectivity index is 1.69. The predicted octanol–water partition coefficient (Wildman–Crippen LogP) is 1.52. The summed E-state index contributed by atoms with van der Waals surface area (Å²) >= 11 is 0. The quantitative estimate of drug-likeness (QED) is 0.681. The molecule has 1 saturated heterocycles. The number of nitrogens with zero attached hydrogens (tertiary/aromatic N) is 5. The molecule has 1 aliphatic rings. The molecule has 0 bridgehead atoms. The lowest BCUT2D eigenvalue weighted by molar-refractivity contribution is -0.132. The summed E-state index contributed by atoms with van der Waals surface area (Å²) in [5.74, 6) is 1.40. The highest BCUT2D eigenvalue weighted by atomic mass is 16.5. The minimum atomic E-state index is -0.198. The van der Waals surface area contributed by atoms with E-state index in [0.29, 0.717) is 49.1 Å². The number of aromatic nitrogens is 3. The second-order valence-electron chi connectivity index (χ2n) is 7.24. The van der Waals surface area contributed by atoms with Crippen molar-refractivity contribution in [2.75, 3.05) is 26.7 Å². The average Bonchev–Trinajstić information content (AvgIpc) is 3.27. The van der Waals surface area contributed by atoms with E-state index in [9.17, 15) is 9.59 Å². The van der Waals surface area contributed by atoms with Gasteiger partial charge in [-0.15, -0.1) is 0 Å². The van der Waals surface area contributed by atoms with E-state index in [0.717, 1.165) is 12.8 Å². The summed E-state index contributed by atoms with van der Waals surface area (Å²) in [5, 5.41) is 7.82. The fourth-order valence-electron chi connectivity index (χ4n) is 3.68. The number of hydrogen-bond acceptors (Lipinski definition) is 8. The first-order chi connectivity index (χ1) is 13.9. The van der Waals surface area contributed by atoms with Crippen LogP contribution in [0.25, 0.3) is 0 Å². The number of rotatable bonds is 7. The summed E-state index contributed by atoms with van der Waals surface area (Å²) in [6.45, 7) is 6.82. The lowest BCUT2D eigenvalue weighted by Crippen LogP contribution is -2.52. The Bertz CT molecular complexity index is 861. The zero-order valence-corrected chi connectivity index (χ0v) is 17.3. The van der Waals surface area contributed by atoms with Crippen molar-refractivity contribution in [2.45, 2.75) is 52.7 Å². The number of hydrogen-bond donors (Lipinski definition) is 0. The molecule has 0 aromatic carbocycles. The molecule has 10 nitrogen and oxygen atoms in total. The molecule has 2 aromatic rings. The van der Waals surface area contributed by atoms with Gasteiger partial charge >= 0.3 is 0 Å². The molecule has 0 aliphatic carbocycles. The Hall–Kier alpha value is -2.75. The molecule has 0 N–H and O–H groups in total. The van der Waals surface area contributed by atoms with Crippen LogP contribution in [-0.2, 0) is 22.6 Å². The molecule has 158 valence electrons. The Labute approximate surface area is 169 Å². The van der Waals surface area contributed by atoms with Gasteiger partial charge < -0.3 is 23.6 Å². The second kappa shape index (κ2) is 9.17. The third-order valence-corrected chi connectivity index (χ3v) is 5.15. The molecule has 1 aliphatic heterocycles. The molecule has 29 heavy (non-hydrogen) atoms. The van der Waals surface area contributed by atoms with Gasteiger partial charge in [-0.1, -0.05) is 10.3 Å². The molecule has 0 saturated carbocycles. The standard InChI is InChI=1S/C19H27N5O5/c1-12-16(11-27-4)18(22-28-12)19(26)23-8-5-6-15(10-23)24(14(3)25)9-7-17-20-13(2)29-21-17/h15H,5-11H2,1-4H3. The van der Waals surface area contributed by atoms with E-state index >= 15 is 0 Å². The summed E-state index contributed by atoms with van der Waals surface area (Å²) in [5.41, 5.74) is 0.942. The van der Waals surface area contributed by atoms with Crippen LogP contribution in [0.1, 0.15) is 53.3 Å². The van der Waals surface area contributed by atoms with Gasteiger partial charge in [-0.25, -0.2) is 0 Å². The molecular weight excluding hydrogens is 378 g/mol. The van der Waals surface area contributed by atoms with Gasteiger partial charge in [-0.3, -0.25) is 9.59 Å². The van der Waals surface area contributed by atoms with Crippen LogP contribution in [0.15, 0.2) is 9.05 Å². The Morgan fingerprint density at radius 1 is 1.28 bits per heavy atom. The van der Waals surface area contributed by atoms with E-state index < -0.39 is 0 Å². The van der Waals surface area contributed by atoms with E-state index in [2.05, 4.69) is 15.3 Å². The van der Waals surface area contributed by atoms with Crippen molar-refractivity contribution in [1.29, 1.82) is 0 Å². The van der Waals surface area contributed by atoms with Crippen molar-refractivity contribution < 1.29 is 23.4 Å². The first kappa shape index (κ1) is 21.0. The van der Waals surface area contributed by atoms with Crippen molar-refractivity contribution in [2.24, 2.45) is 0 Å². The van der Waals surface area contributed by atoms with Crippen LogP contribution in [0.5, 0.6) is 0 Å². The van der Waals surface area contributed by atoms with E-state index in [1.54, 1.807) is 37.7 Å². The van der Waals surface area contributed by atoms with Crippen molar-refractivity contribution in [1.82, 2.24) is 25.1 Å². The molecule has 2 amide bonds. The van der Waals surface area contributed by atoms with Gasteiger partial charge in [0.2, 0.25) is 11.8 Å². The fourth-order valence-corrected chi connectivity index (χ4v) is 3.68. The van der Waals surface area contributed by atoms with Crippen molar-refractivity contribution >= 4 is 11.8 Å². The van der Waals surface area contributed by atoms with Crippen molar-refractivity contribution in [3.05, 3.63) is 28.7 Å². The smallest absolute Gasteiger partial charge is 0.276 e. The molecule has 10 heteroatoms. The van der Waals surface area contributed by atoms with Crippen LogP contribution >= 0.6 is 0 Å². The fraction of sp³-hybridized carbons (Fsp3) is 0.632. The van der Waals surface area contributed by atoms with Gasteiger partial charge in [-0.05, 0) is 19.8 Å². The number of ether oxygens (including phenoxy) is 1. The van der Waals surface area contributed by atoms with Crippen LogP contribution in [-0.4, -0.2) is 69.7 Å². The van der Waals surface area contributed by atoms with Gasteiger partial charge in [0.1, 0.15) is 5.76 Å². The Morgan fingerprint density at radius 3 is 2.72 bits per heavy atom. The molecule has 1 fully saturated rings. The van der Waals surface area contributed by atoms with Gasteiger partial charge in [0.05, 0.1) is 12.2 Å². The Kier molecular flexibility index (Phi) is 6.63. The average molecular weight is 405 g/mol. The van der Waals surface area contributed by atoms with Gasteiger partial charge in [0, 0.05) is 53.1 Å². The first-order valence-electron chi connectivity index (χ1n) is 9.70. The molecule has 3 heterocycles. The summed E-state index contributed by atoms with van der Waals surface area (Å²) < 4.78 is 15.4. The molecule has 2 aromatic heterocycles. The number of likely N-dealkylation sites (tertiary alicyclic amines) is 1. The maximum absolute atomic E-state index is 13.0. The van der Waals surface area contributed by atoms with Crippen LogP contribution in [0.3, 0.4) is 0 Å². The summed E-state index contributed by atoms with van der Waals surface area (Å²) in [6, 6.07) is -0.0722. The van der Waals surface area contributed by atoms with Gasteiger partial charge in [-0.2, -0.15) is 4.98 Å². The molecular formula is C19H27N5O5. The number of aryl methyl sites for hydroxylation is 2. The van der Waals surface area contributed by atoms with Gasteiger partial charge in [0.15, 0.2) is 11.5 Å². The third-order valence-electron chi connectivity index (χ3n) is 5.15. The maximum Gasteiger partial charge on any atom is 0.276 e. The minimum absolute atomic E-state index is 0.0399. The van der Waals surface area contributed by atoms with E-state index in [-0.39, 0.29) is 30.2 Å². The molecule has 0 radical (unpaired) electrons. The summed E-state index contributed by atoms with van der Waals surface area (Å²) in [6.07, 6.45) is 2.14. The zero-order chi connectivity index (χ0) is 21.0. The number of amides is 2. The first-order valence-corrected chi connectivity index (χ1v) is 9.70. The highest BCUT2D eigenvalue weighted by molar-refractivity contribution is 5.94. The summed E-state index contributed by atoms with van der Waals surface area (Å²) in [7, 11) is 1.56. The molecule has 0 spiro atoms. The Morgan fingerprint density at radius 2 is 2.07 bits per heavy atom. The number of piperidine rings is 1. The molecule has 3 rings (SSSR count). The molecule has 1 atom stereocenters. The SMILES string of the molecule is COCc1c(C(=O)N2CCCC(N(CCc3noc(C)n3)C(C)=O)C2)noc1C.